The molecule has 0 spiro atoms. The molecule has 0 radical (unpaired) electrons. The number of halogens is 3. The number of nitrogens with zero attached hydrogens (tertiary/aromatic N) is 4. The molecule has 0 bridgehead atoms. The highest BCUT2D eigenvalue weighted by Gasteiger charge is 2.52. The molecule has 4 N–H and O–H groups in total. The van der Waals surface area contributed by atoms with Crippen LogP contribution in [-0.2, 0) is 17.5 Å². The molecule has 0 saturated carbocycles. The van der Waals surface area contributed by atoms with Crippen molar-refractivity contribution in [2.24, 2.45) is 0 Å². The van der Waals surface area contributed by atoms with Crippen LogP contribution in [0.5, 0.6) is 0 Å². The molecule has 9 nitrogen and oxygen atoms in total. The van der Waals surface area contributed by atoms with Gasteiger partial charge in [0, 0.05) is 6.54 Å². The molecule has 1 fully saturated rings. The average Bonchev–Trinajstić information content (AvgIpc) is 3.25. The SMILES string of the molecule is C[C@]1(O)C(O)[C@H](n2cnc3c(NCc4cccc(C(F)(F)F)c4)ncnc32)O[C@@H]1CO. The zero-order valence-electron chi connectivity index (χ0n) is 16.3. The fraction of sp³-hybridized carbons (Fsp3) is 0.421. The lowest BCUT2D eigenvalue weighted by Crippen LogP contribution is -2.46. The van der Waals surface area contributed by atoms with E-state index >= 15 is 0 Å². The molecule has 1 aromatic carbocycles. The van der Waals surface area contributed by atoms with Crippen molar-refractivity contribution >= 4 is 17.0 Å². The smallest absolute Gasteiger partial charge is 0.394 e. The summed E-state index contributed by atoms with van der Waals surface area (Å²) in [6.07, 6.45) is -5.28. The van der Waals surface area contributed by atoms with Gasteiger partial charge in [-0.3, -0.25) is 4.57 Å². The lowest BCUT2D eigenvalue weighted by Gasteiger charge is -2.25. The Morgan fingerprint density at radius 3 is 2.71 bits per heavy atom. The van der Waals surface area contributed by atoms with Crippen LogP contribution in [0.2, 0.25) is 0 Å². The fourth-order valence-electron chi connectivity index (χ4n) is 3.52. The molecule has 4 rings (SSSR count). The standard InChI is InChI=1S/C19H20F3N5O4/c1-18(30)12(7-28)31-17(14(18)29)27-9-26-13-15(24-8-25-16(13)27)23-6-10-3-2-4-11(5-10)19(20,21)22/h2-5,8-9,12,14,17,28-30H,6-7H2,1H3,(H,23,24,25)/t12-,14?,17-,18-/m1/s1. The lowest BCUT2D eigenvalue weighted by atomic mass is 9.95. The summed E-state index contributed by atoms with van der Waals surface area (Å²) < 4.78 is 45.7. The number of hydrogen-bond acceptors (Lipinski definition) is 8. The molecule has 2 aromatic heterocycles. The Hall–Kier alpha value is -2.80. The highest BCUT2D eigenvalue weighted by Crippen LogP contribution is 2.38. The highest BCUT2D eigenvalue weighted by atomic mass is 19.4. The van der Waals surface area contributed by atoms with Gasteiger partial charge in [0.15, 0.2) is 23.2 Å². The Bertz CT molecular complexity index is 1090. The normalized spacial score (nSPS) is 26.5. The van der Waals surface area contributed by atoms with Crippen molar-refractivity contribution in [1.29, 1.82) is 0 Å². The first-order valence-electron chi connectivity index (χ1n) is 9.37. The molecule has 1 unspecified atom stereocenters. The van der Waals surface area contributed by atoms with E-state index in [2.05, 4.69) is 20.3 Å². The van der Waals surface area contributed by atoms with Crippen molar-refractivity contribution in [1.82, 2.24) is 19.5 Å². The molecule has 1 aliphatic rings. The Morgan fingerprint density at radius 2 is 2.03 bits per heavy atom. The van der Waals surface area contributed by atoms with E-state index in [4.69, 9.17) is 4.74 Å². The monoisotopic (exact) mass is 439 g/mol. The van der Waals surface area contributed by atoms with Crippen LogP contribution < -0.4 is 5.32 Å². The van der Waals surface area contributed by atoms with Crippen LogP contribution in [-0.4, -0.2) is 59.3 Å². The van der Waals surface area contributed by atoms with Gasteiger partial charge in [0.1, 0.15) is 24.1 Å². The van der Waals surface area contributed by atoms with Crippen LogP contribution in [0.4, 0.5) is 19.0 Å². The number of anilines is 1. The van der Waals surface area contributed by atoms with Gasteiger partial charge in [-0.05, 0) is 24.6 Å². The van der Waals surface area contributed by atoms with Crippen LogP contribution in [0.25, 0.3) is 11.2 Å². The number of aliphatic hydroxyl groups excluding tert-OH is 2. The van der Waals surface area contributed by atoms with Crippen LogP contribution >= 0.6 is 0 Å². The summed E-state index contributed by atoms with van der Waals surface area (Å²) in [5.74, 6) is 0.277. The van der Waals surface area contributed by atoms with E-state index in [0.29, 0.717) is 11.1 Å². The summed E-state index contributed by atoms with van der Waals surface area (Å²) in [6.45, 7) is 0.924. The van der Waals surface area contributed by atoms with E-state index in [0.717, 1.165) is 12.1 Å². The van der Waals surface area contributed by atoms with Gasteiger partial charge in [-0.15, -0.1) is 0 Å². The van der Waals surface area contributed by atoms with Gasteiger partial charge in [0.05, 0.1) is 18.5 Å². The highest BCUT2D eigenvalue weighted by molar-refractivity contribution is 5.82. The minimum Gasteiger partial charge on any atom is -0.394 e. The molecule has 31 heavy (non-hydrogen) atoms. The number of nitrogens with one attached hydrogen (secondary N) is 1. The predicted molar refractivity (Wildman–Crippen MR) is 102 cm³/mol. The summed E-state index contributed by atoms with van der Waals surface area (Å²) in [4.78, 5) is 12.5. The Morgan fingerprint density at radius 1 is 1.26 bits per heavy atom. The largest absolute Gasteiger partial charge is 0.416 e. The van der Waals surface area contributed by atoms with Crippen LogP contribution in [0.3, 0.4) is 0 Å². The molecule has 0 amide bonds. The third kappa shape index (κ3) is 3.82. The summed E-state index contributed by atoms with van der Waals surface area (Å²) in [5, 5.41) is 33.3. The van der Waals surface area contributed by atoms with Gasteiger partial charge >= 0.3 is 6.18 Å². The molecule has 1 saturated heterocycles. The van der Waals surface area contributed by atoms with E-state index in [-0.39, 0.29) is 18.0 Å². The summed E-state index contributed by atoms with van der Waals surface area (Å²) >= 11 is 0. The first-order valence-corrected chi connectivity index (χ1v) is 9.37. The number of fused-ring (bicyclic) bond motifs is 1. The van der Waals surface area contributed by atoms with Gasteiger partial charge in [0.25, 0.3) is 0 Å². The van der Waals surface area contributed by atoms with Gasteiger partial charge in [-0.25, -0.2) is 15.0 Å². The van der Waals surface area contributed by atoms with Crippen LogP contribution in [0.1, 0.15) is 24.3 Å². The zero-order chi connectivity index (χ0) is 22.4. The quantitative estimate of drug-likeness (QED) is 0.471. The second-order valence-corrected chi connectivity index (χ2v) is 7.47. The minimum absolute atomic E-state index is 0.0622. The summed E-state index contributed by atoms with van der Waals surface area (Å²) in [7, 11) is 0. The summed E-state index contributed by atoms with van der Waals surface area (Å²) in [6, 6.07) is 4.92. The number of aromatic nitrogens is 4. The van der Waals surface area contributed by atoms with Gasteiger partial charge < -0.3 is 25.4 Å². The molecule has 12 heteroatoms. The second-order valence-electron chi connectivity index (χ2n) is 7.47. The second kappa shape index (κ2) is 7.71. The molecule has 166 valence electrons. The Kier molecular flexibility index (Phi) is 5.33. The molecule has 1 aliphatic heterocycles. The topological polar surface area (TPSA) is 126 Å². The van der Waals surface area contributed by atoms with Crippen molar-refractivity contribution in [3.63, 3.8) is 0 Å². The van der Waals surface area contributed by atoms with Crippen molar-refractivity contribution in [2.45, 2.75) is 43.7 Å². The number of aliphatic hydroxyl groups is 3. The van der Waals surface area contributed by atoms with E-state index in [1.807, 2.05) is 0 Å². The van der Waals surface area contributed by atoms with Crippen LogP contribution in [0, 0.1) is 0 Å². The van der Waals surface area contributed by atoms with Crippen molar-refractivity contribution in [3.05, 3.63) is 48.0 Å². The van der Waals surface area contributed by atoms with Gasteiger partial charge in [-0.2, -0.15) is 13.2 Å². The van der Waals surface area contributed by atoms with Crippen molar-refractivity contribution in [2.75, 3.05) is 11.9 Å². The maximum absolute atomic E-state index is 12.9. The van der Waals surface area contributed by atoms with E-state index in [1.54, 1.807) is 6.07 Å². The predicted octanol–water partition coefficient (Wildman–Crippen LogP) is 1.46. The third-order valence-corrected chi connectivity index (χ3v) is 5.34. The number of hydrogen-bond donors (Lipinski definition) is 4. The van der Waals surface area contributed by atoms with Crippen molar-refractivity contribution < 1.29 is 33.2 Å². The van der Waals surface area contributed by atoms with Crippen molar-refractivity contribution in [3.8, 4) is 0 Å². The van der Waals surface area contributed by atoms with E-state index in [9.17, 15) is 28.5 Å². The van der Waals surface area contributed by atoms with Gasteiger partial charge in [0.2, 0.25) is 0 Å². The molecular formula is C19H20F3N5O4. The molecule has 4 atom stereocenters. The number of benzene rings is 1. The maximum Gasteiger partial charge on any atom is 0.416 e. The Balaban J connectivity index is 1.59. The number of imidazole rings is 1. The summed E-state index contributed by atoms with van der Waals surface area (Å²) in [5.41, 5.74) is -1.45. The Labute approximate surface area is 174 Å². The molecule has 3 aromatic rings. The first kappa shape index (κ1) is 21.4. The first-order chi connectivity index (χ1) is 14.6. The van der Waals surface area contributed by atoms with E-state index < -0.39 is 42.4 Å². The number of rotatable bonds is 5. The molecular weight excluding hydrogens is 419 g/mol. The average molecular weight is 439 g/mol. The number of alkyl halides is 3. The minimum atomic E-state index is -4.44. The zero-order valence-corrected chi connectivity index (χ0v) is 16.3. The van der Waals surface area contributed by atoms with Gasteiger partial charge in [-0.1, -0.05) is 12.1 Å². The molecule has 0 aliphatic carbocycles. The fourth-order valence-corrected chi connectivity index (χ4v) is 3.52. The molecule has 3 heterocycles. The third-order valence-electron chi connectivity index (χ3n) is 5.34. The number of ether oxygens (including phenoxy) is 1. The lowest BCUT2D eigenvalue weighted by molar-refractivity contribution is -0.137. The van der Waals surface area contributed by atoms with E-state index in [1.165, 1.54) is 30.2 Å². The maximum atomic E-state index is 12.9. The van der Waals surface area contributed by atoms with Crippen LogP contribution in [0.15, 0.2) is 36.9 Å².